The Morgan fingerprint density at radius 1 is 1.17 bits per heavy atom. The molecule has 0 aliphatic heterocycles. The summed E-state index contributed by atoms with van der Waals surface area (Å²) < 4.78 is 32.5. The molecule has 3 aliphatic carbocycles. The van der Waals surface area contributed by atoms with Gasteiger partial charge < -0.3 is 14.2 Å². The smallest absolute Gasteiger partial charge is 0.309 e. The molecule has 35 heavy (non-hydrogen) atoms. The Labute approximate surface area is 204 Å². The van der Waals surface area contributed by atoms with Crippen molar-refractivity contribution < 1.29 is 23.4 Å². The summed E-state index contributed by atoms with van der Waals surface area (Å²) in [6, 6.07) is 13.0. The van der Waals surface area contributed by atoms with Crippen LogP contribution in [0.4, 0.5) is 4.39 Å². The molecule has 2 aromatic carbocycles. The zero-order valence-corrected chi connectivity index (χ0v) is 19.9. The van der Waals surface area contributed by atoms with Crippen LogP contribution in [0.25, 0.3) is 0 Å². The fraction of sp³-hybridized carbons (Fsp3) is 0.379. The highest BCUT2D eigenvalue weighted by atomic mass is 19.1. The van der Waals surface area contributed by atoms with E-state index in [2.05, 4.69) is 6.07 Å². The van der Waals surface area contributed by atoms with Crippen LogP contribution in [0.1, 0.15) is 55.4 Å². The lowest BCUT2D eigenvalue weighted by Crippen LogP contribution is -2.24. The van der Waals surface area contributed by atoms with Crippen LogP contribution in [0.5, 0.6) is 11.5 Å². The highest BCUT2D eigenvalue weighted by Crippen LogP contribution is 2.49. The number of nitriles is 1. The third-order valence-electron chi connectivity index (χ3n) is 7.02. The van der Waals surface area contributed by atoms with Gasteiger partial charge in [0.15, 0.2) is 0 Å². The number of ether oxygens (including phenoxy) is 3. The van der Waals surface area contributed by atoms with E-state index in [0.29, 0.717) is 42.1 Å². The monoisotopic (exact) mass is 473 g/mol. The molecule has 6 heteroatoms. The van der Waals surface area contributed by atoms with E-state index in [0.717, 1.165) is 17.5 Å². The molecule has 0 radical (unpaired) electrons. The average Bonchev–Trinajstić information content (AvgIpc) is 3.56. The fourth-order valence-electron chi connectivity index (χ4n) is 5.08. The highest BCUT2D eigenvalue weighted by Gasteiger charge is 2.45. The minimum atomic E-state index is -0.392. The van der Waals surface area contributed by atoms with Crippen molar-refractivity contribution >= 4 is 5.97 Å². The number of hydrogen-bond donors (Lipinski definition) is 0. The van der Waals surface area contributed by atoms with Gasteiger partial charge in [-0.2, -0.15) is 5.26 Å². The molecule has 5 atom stereocenters. The van der Waals surface area contributed by atoms with E-state index in [-0.39, 0.29) is 35.6 Å². The minimum Gasteiger partial charge on any atom is -0.486 e. The van der Waals surface area contributed by atoms with Gasteiger partial charge >= 0.3 is 5.97 Å². The van der Waals surface area contributed by atoms with E-state index >= 15 is 0 Å². The molecule has 0 spiro atoms. The van der Waals surface area contributed by atoms with Gasteiger partial charge in [-0.25, -0.2) is 4.39 Å². The summed E-state index contributed by atoms with van der Waals surface area (Å²) in [5.41, 5.74) is 3.11. The van der Waals surface area contributed by atoms with Crippen molar-refractivity contribution in [2.75, 3.05) is 6.61 Å². The van der Waals surface area contributed by atoms with Gasteiger partial charge in [-0.15, -0.1) is 0 Å². The van der Waals surface area contributed by atoms with E-state index in [9.17, 15) is 9.18 Å². The first-order chi connectivity index (χ1) is 17.0. The molecule has 0 N–H and O–H groups in total. The summed E-state index contributed by atoms with van der Waals surface area (Å²) in [6.45, 7) is 4.22. The van der Waals surface area contributed by atoms with Gasteiger partial charge in [0, 0.05) is 22.6 Å². The minimum absolute atomic E-state index is 0.0391. The van der Waals surface area contributed by atoms with Gasteiger partial charge in [-0.3, -0.25) is 4.79 Å². The average molecular weight is 474 g/mol. The predicted octanol–water partition coefficient (Wildman–Crippen LogP) is 5.96. The second-order valence-electron chi connectivity index (χ2n) is 9.39. The Hall–Kier alpha value is -3.59. The number of nitrogens with zero attached hydrogens (tertiary/aromatic N) is 1. The van der Waals surface area contributed by atoms with Crippen LogP contribution in [0.3, 0.4) is 0 Å². The third-order valence-corrected chi connectivity index (χ3v) is 7.02. The lowest BCUT2D eigenvalue weighted by Gasteiger charge is -2.24. The summed E-state index contributed by atoms with van der Waals surface area (Å²) in [5.74, 6) is 1.09. The Morgan fingerprint density at radius 3 is 2.69 bits per heavy atom. The van der Waals surface area contributed by atoms with Crippen LogP contribution in [0, 0.1) is 29.0 Å². The Balaban J connectivity index is 1.27. The van der Waals surface area contributed by atoms with Gasteiger partial charge in [0.25, 0.3) is 0 Å². The molecule has 0 heterocycles. The Kier molecular flexibility index (Phi) is 6.34. The van der Waals surface area contributed by atoms with Crippen molar-refractivity contribution in [3.05, 3.63) is 82.7 Å². The first-order valence-electron chi connectivity index (χ1n) is 12.2. The van der Waals surface area contributed by atoms with Crippen LogP contribution in [-0.2, 0) is 16.0 Å². The van der Waals surface area contributed by atoms with Crippen molar-refractivity contribution in [1.82, 2.24) is 0 Å². The second kappa shape index (κ2) is 9.58. The zero-order valence-electron chi connectivity index (χ0n) is 19.9. The van der Waals surface area contributed by atoms with Crippen molar-refractivity contribution in [2.24, 2.45) is 11.8 Å². The molecule has 5 nitrogen and oxygen atoms in total. The van der Waals surface area contributed by atoms with Gasteiger partial charge in [-0.1, -0.05) is 25.1 Å². The summed E-state index contributed by atoms with van der Waals surface area (Å²) >= 11 is 0. The van der Waals surface area contributed by atoms with Gasteiger partial charge in [-0.05, 0) is 74.1 Å². The molecule has 0 bridgehead atoms. The summed E-state index contributed by atoms with van der Waals surface area (Å²) in [4.78, 5) is 11.9. The first kappa shape index (κ1) is 23.2. The normalized spacial score (nSPS) is 26.3. The standard InChI is InChI=1S/C29H28FNO4/c1-3-33-29(32)23-15-22(23)19-5-7-20(8-6-19)34-27-12-9-21-26(13-10-24(30)28(21)27)35-25-11-4-18(16-31)14-17(25)2/h4-8,10-11,13-14,17,22-23,25,27H,3,9,12,15H2,1-2H3/t17?,22-,23+,25?,27-/m1/s1. The van der Waals surface area contributed by atoms with Crippen LogP contribution in [-0.4, -0.2) is 18.7 Å². The molecule has 1 fully saturated rings. The quantitative estimate of drug-likeness (QED) is 0.464. The maximum Gasteiger partial charge on any atom is 0.309 e. The van der Waals surface area contributed by atoms with Crippen LogP contribution >= 0.6 is 0 Å². The third kappa shape index (κ3) is 4.68. The molecule has 0 saturated heterocycles. The van der Waals surface area contributed by atoms with Crippen LogP contribution in [0.15, 0.2) is 60.2 Å². The summed E-state index contributed by atoms with van der Waals surface area (Å²) in [7, 11) is 0. The maximum atomic E-state index is 14.9. The highest BCUT2D eigenvalue weighted by molar-refractivity contribution is 5.77. The van der Waals surface area contributed by atoms with E-state index in [4.69, 9.17) is 19.5 Å². The maximum absolute atomic E-state index is 14.9. The number of fused-ring (bicyclic) bond motifs is 1. The number of hydrogen-bond acceptors (Lipinski definition) is 5. The second-order valence-corrected chi connectivity index (χ2v) is 9.39. The number of carbonyl (C=O) groups excluding carboxylic acids is 1. The first-order valence-corrected chi connectivity index (χ1v) is 12.2. The van der Waals surface area contributed by atoms with Crippen LogP contribution in [0.2, 0.25) is 0 Å². The number of esters is 1. The lowest BCUT2D eigenvalue weighted by atomic mass is 9.95. The number of allylic oxidation sites excluding steroid dienone is 2. The Morgan fingerprint density at radius 2 is 1.97 bits per heavy atom. The van der Waals surface area contributed by atoms with Crippen LogP contribution < -0.4 is 9.47 Å². The number of carbonyl (C=O) groups is 1. The van der Waals surface area contributed by atoms with Gasteiger partial charge in [0.05, 0.1) is 18.6 Å². The van der Waals surface area contributed by atoms with E-state index < -0.39 is 6.10 Å². The summed E-state index contributed by atoms with van der Waals surface area (Å²) in [5, 5.41) is 9.11. The zero-order chi connectivity index (χ0) is 24.5. The van der Waals surface area contributed by atoms with Crippen molar-refractivity contribution in [2.45, 2.75) is 51.2 Å². The van der Waals surface area contributed by atoms with Crippen molar-refractivity contribution in [3.8, 4) is 17.6 Å². The lowest BCUT2D eigenvalue weighted by molar-refractivity contribution is -0.144. The van der Waals surface area contributed by atoms with Gasteiger partial charge in [0.1, 0.15) is 29.5 Å². The number of halogens is 1. The van der Waals surface area contributed by atoms with Gasteiger partial charge in [0.2, 0.25) is 0 Å². The Bertz CT molecular complexity index is 1230. The van der Waals surface area contributed by atoms with Crippen molar-refractivity contribution in [1.29, 1.82) is 5.26 Å². The molecule has 5 rings (SSSR count). The molecule has 1 saturated carbocycles. The number of benzene rings is 2. The van der Waals surface area contributed by atoms with E-state index in [1.54, 1.807) is 12.1 Å². The summed E-state index contributed by atoms with van der Waals surface area (Å²) in [6.07, 6.45) is 7.07. The SMILES string of the molecule is CCOC(=O)[C@H]1C[C@@H]1c1ccc(O[C@@H]2CCc3c(OC4C=CC(C#N)=CC4C)ccc(F)c32)cc1. The molecule has 0 aromatic heterocycles. The fourth-order valence-corrected chi connectivity index (χ4v) is 5.08. The van der Waals surface area contributed by atoms with E-state index in [1.807, 2.05) is 50.3 Å². The molecular formula is C29H28FNO4. The molecule has 2 aromatic rings. The molecule has 180 valence electrons. The topological polar surface area (TPSA) is 68.6 Å². The molecule has 2 unspecified atom stereocenters. The predicted molar refractivity (Wildman–Crippen MR) is 128 cm³/mol. The van der Waals surface area contributed by atoms with Crippen molar-refractivity contribution in [3.63, 3.8) is 0 Å². The largest absolute Gasteiger partial charge is 0.486 e. The molecular weight excluding hydrogens is 445 g/mol. The van der Waals surface area contributed by atoms with E-state index in [1.165, 1.54) is 6.07 Å². The number of rotatable bonds is 7. The molecule has 0 amide bonds. The molecule has 3 aliphatic rings.